The molecule has 0 spiro atoms. The van der Waals surface area contributed by atoms with Crippen molar-refractivity contribution in [2.75, 3.05) is 11.7 Å². The quantitative estimate of drug-likeness (QED) is 0.578. The largest absolute Gasteiger partial charge is 0.497 e. The Labute approximate surface area is 147 Å². The summed E-state index contributed by atoms with van der Waals surface area (Å²) in [6.07, 6.45) is -1.71. The van der Waals surface area contributed by atoms with Gasteiger partial charge < -0.3 is 9.30 Å². The van der Waals surface area contributed by atoms with Gasteiger partial charge in [0.25, 0.3) is 6.08 Å². The first-order valence-corrected chi connectivity index (χ1v) is 11.3. The molecule has 0 saturated carbocycles. The first kappa shape index (κ1) is 18.5. The molecule has 0 bridgehead atoms. The monoisotopic (exact) mass is 367 g/mol. The van der Waals surface area contributed by atoms with Gasteiger partial charge in [0.1, 0.15) is 11.4 Å². The molecule has 24 heavy (non-hydrogen) atoms. The Morgan fingerprint density at radius 3 is 1.92 bits per heavy atom. The number of benzene rings is 2. The predicted molar refractivity (Wildman–Crippen MR) is 99.4 cm³/mol. The highest BCUT2D eigenvalue weighted by Gasteiger charge is 2.31. The molecule has 128 valence electrons. The van der Waals surface area contributed by atoms with Gasteiger partial charge in [-0.1, -0.05) is 31.2 Å². The van der Waals surface area contributed by atoms with Crippen molar-refractivity contribution in [3.8, 4) is 5.75 Å². The van der Waals surface area contributed by atoms with Crippen molar-refractivity contribution in [3.05, 3.63) is 65.2 Å². The molecule has 0 aliphatic heterocycles. The summed E-state index contributed by atoms with van der Waals surface area (Å²) in [6.45, 7) is 6.07. The summed E-state index contributed by atoms with van der Waals surface area (Å²) in [7, 11) is -0.609. The zero-order valence-corrected chi connectivity index (χ0v) is 15.9. The maximum Gasteiger partial charge on any atom is 0.293 e. The number of methoxy groups -OCH3 is 1. The standard InChI is InChI=1S/C18H20ClF2NOSi/c1-23-16-11-5-13(6-12-16)17(18(20)21)22(24(2,3)4)15-9-7-14(19)8-10-15/h5-12H,1-4H3. The van der Waals surface area contributed by atoms with Crippen LogP contribution in [0.1, 0.15) is 5.56 Å². The Morgan fingerprint density at radius 1 is 0.958 bits per heavy atom. The molecule has 0 unspecified atom stereocenters. The average Bonchev–Trinajstić information content (AvgIpc) is 2.52. The van der Waals surface area contributed by atoms with E-state index in [1.807, 2.05) is 19.6 Å². The van der Waals surface area contributed by atoms with Gasteiger partial charge in [-0.25, -0.2) is 0 Å². The molecule has 0 aliphatic rings. The van der Waals surface area contributed by atoms with Crippen LogP contribution in [0.25, 0.3) is 5.70 Å². The van der Waals surface area contributed by atoms with E-state index in [0.29, 0.717) is 22.0 Å². The van der Waals surface area contributed by atoms with Crippen LogP contribution in [0.2, 0.25) is 24.7 Å². The van der Waals surface area contributed by atoms with Gasteiger partial charge >= 0.3 is 0 Å². The third-order valence-electron chi connectivity index (χ3n) is 3.52. The van der Waals surface area contributed by atoms with E-state index in [0.717, 1.165) is 0 Å². The van der Waals surface area contributed by atoms with Crippen molar-refractivity contribution in [3.63, 3.8) is 0 Å². The second-order valence-corrected chi connectivity index (χ2v) is 11.5. The third-order valence-corrected chi connectivity index (χ3v) is 5.60. The minimum atomic E-state index is -2.15. The summed E-state index contributed by atoms with van der Waals surface area (Å²) < 4.78 is 34.7. The first-order valence-electron chi connectivity index (χ1n) is 7.49. The number of anilines is 1. The lowest BCUT2D eigenvalue weighted by molar-refractivity contribution is 0.414. The molecular formula is C18H20ClF2NOSi. The fourth-order valence-electron chi connectivity index (χ4n) is 2.51. The van der Waals surface area contributed by atoms with E-state index in [9.17, 15) is 8.78 Å². The molecular weight excluding hydrogens is 348 g/mol. The van der Waals surface area contributed by atoms with Crippen molar-refractivity contribution in [1.82, 2.24) is 0 Å². The molecule has 0 saturated heterocycles. The molecule has 0 heterocycles. The molecule has 0 atom stereocenters. The van der Waals surface area contributed by atoms with E-state index in [1.54, 1.807) is 60.2 Å². The highest BCUT2D eigenvalue weighted by Crippen LogP contribution is 2.35. The number of hydrogen-bond acceptors (Lipinski definition) is 2. The first-order chi connectivity index (χ1) is 11.2. The smallest absolute Gasteiger partial charge is 0.293 e. The Kier molecular flexibility index (Phi) is 5.67. The topological polar surface area (TPSA) is 12.5 Å². The summed E-state index contributed by atoms with van der Waals surface area (Å²) in [6, 6.07) is 13.6. The van der Waals surface area contributed by atoms with Crippen molar-refractivity contribution >= 4 is 31.2 Å². The Morgan fingerprint density at radius 2 is 1.50 bits per heavy atom. The average molecular weight is 368 g/mol. The lowest BCUT2D eigenvalue weighted by Gasteiger charge is -2.37. The number of ether oxygens (including phenoxy) is 1. The van der Waals surface area contributed by atoms with E-state index in [4.69, 9.17) is 16.3 Å². The van der Waals surface area contributed by atoms with E-state index in [2.05, 4.69) is 0 Å². The van der Waals surface area contributed by atoms with Gasteiger partial charge in [0.05, 0.1) is 7.11 Å². The van der Waals surface area contributed by atoms with Gasteiger partial charge in [-0.3, -0.25) is 0 Å². The van der Waals surface area contributed by atoms with Crippen molar-refractivity contribution in [2.24, 2.45) is 0 Å². The predicted octanol–water partition coefficient (Wildman–Crippen LogP) is 6.26. The molecule has 0 amide bonds. The molecule has 2 aromatic carbocycles. The van der Waals surface area contributed by atoms with E-state index >= 15 is 0 Å². The lowest BCUT2D eigenvalue weighted by atomic mass is 10.1. The van der Waals surface area contributed by atoms with Crippen LogP contribution in [0.15, 0.2) is 54.6 Å². The minimum absolute atomic E-state index is 0.0702. The molecule has 0 radical (unpaired) electrons. The number of nitrogens with zero attached hydrogens (tertiary/aromatic N) is 1. The van der Waals surface area contributed by atoms with Gasteiger partial charge in [-0.05, 0) is 48.5 Å². The molecule has 2 rings (SSSR count). The maximum absolute atomic E-state index is 13.9. The van der Waals surface area contributed by atoms with Crippen molar-refractivity contribution < 1.29 is 13.5 Å². The summed E-state index contributed by atoms with van der Waals surface area (Å²) in [5.74, 6) is 0.628. The van der Waals surface area contributed by atoms with E-state index in [-0.39, 0.29) is 5.70 Å². The Balaban J connectivity index is 2.59. The van der Waals surface area contributed by atoms with Crippen LogP contribution >= 0.6 is 11.6 Å². The third kappa shape index (κ3) is 4.16. The molecule has 0 N–H and O–H groups in total. The number of hydrogen-bond donors (Lipinski definition) is 0. The Bertz CT molecular complexity index is 720. The summed E-state index contributed by atoms with van der Waals surface area (Å²) in [4.78, 5) is 0. The van der Waals surface area contributed by atoms with Crippen molar-refractivity contribution in [1.29, 1.82) is 0 Å². The van der Waals surface area contributed by atoms with Gasteiger partial charge in [0.2, 0.25) is 0 Å². The van der Waals surface area contributed by atoms with Gasteiger partial charge in [0, 0.05) is 16.3 Å². The zero-order chi connectivity index (χ0) is 17.9. The van der Waals surface area contributed by atoms with Crippen LogP contribution in [-0.2, 0) is 0 Å². The van der Waals surface area contributed by atoms with E-state index < -0.39 is 14.3 Å². The molecule has 6 heteroatoms. The van der Waals surface area contributed by atoms with E-state index in [1.165, 1.54) is 0 Å². The second kappa shape index (κ2) is 7.36. The highest BCUT2D eigenvalue weighted by molar-refractivity contribution is 6.81. The molecule has 2 aromatic rings. The van der Waals surface area contributed by atoms with Crippen LogP contribution in [0.4, 0.5) is 14.5 Å². The summed E-state index contributed by atoms with van der Waals surface area (Å²) in [5, 5.41) is 0.574. The van der Waals surface area contributed by atoms with Crippen LogP contribution in [0.3, 0.4) is 0 Å². The van der Waals surface area contributed by atoms with Crippen LogP contribution in [-0.4, -0.2) is 15.3 Å². The summed E-state index contributed by atoms with van der Waals surface area (Å²) in [5.41, 5.74) is 1.09. The summed E-state index contributed by atoms with van der Waals surface area (Å²) >= 11 is 5.94. The normalized spacial score (nSPS) is 11.1. The fraction of sp³-hybridized carbons (Fsp3) is 0.222. The van der Waals surface area contributed by atoms with Gasteiger partial charge in [-0.2, -0.15) is 8.78 Å². The molecule has 2 nitrogen and oxygen atoms in total. The Hall–Kier alpha value is -1.85. The van der Waals surface area contributed by atoms with Gasteiger partial charge in [0.15, 0.2) is 8.24 Å². The van der Waals surface area contributed by atoms with Crippen LogP contribution in [0.5, 0.6) is 5.75 Å². The number of halogens is 3. The molecule has 0 aliphatic carbocycles. The fourth-order valence-corrected chi connectivity index (χ4v) is 4.45. The van der Waals surface area contributed by atoms with Crippen LogP contribution in [0, 0.1) is 0 Å². The van der Waals surface area contributed by atoms with Gasteiger partial charge in [-0.15, -0.1) is 0 Å². The highest BCUT2D eigenvalue weighted by atomic mass is 35.5. The number of rotatable bonds is 5. The van der Waals surface area contributed by atoms with Crippen molar-refractivity contribution in [2.45, 2.75) is 19.6 Å². The SMILES string of the molecule is COc1ccc(C(=C(F)F)N(c2ccc(Cl)cc2)[Si](C)(C)C)cc1. The molecule has 0 fully saturated rings. The van der Waals surface area contributed by atoms with Crippen LogP contribution < -0.4 is 9.30 Å². The lowest BCUT2D eigenvalue weighted by Crippen LogP contribution is -2.45. The maximum atomic E-state index is 13.9. The second-order valence-electron chi connectivity index (χ2n) is 6.32. The molecule has 0 aromatic heterocycles. The minimum Gasteiger partial charge on any atom is -0.497 e. The zero-order valence-electron chi connectivity index (χ0n) is 14.1.